The van der Waals surface area contributed by atoms with E-state index >= 15 is 0 Å². The van der Waals surface area contributed by atoms with Gasteiger partial charge in [-0.05, 0) is 41.5 Å². The molecule has 166 valence electrons. The fourth-order valence-electron chi connectivity index (χ4n) is 3.96. The van der Waals surface area contributed by atoms with Crippen molar-refractivity contribution in [1.82, 2.24) is 14.3 Å². The van der Waals surface area contributed by atoms with Crippen molar-refractivity contribution in [3.63, 3.8) is 0 Å². The van der Waals surface area contributed by atoms with Gasteiger partial charge in [-0.3, -0.25) is 14.1 Å². The van der Waals surface area contributed by atoms with Crippen LogP contribution in [0.4, 0.5) is 4.39 Å². The van der Waals surface area contributed by atoms with E-state index in [1.807, 2.05) is 6.07 Å². The van der Waals surface area contributed by atoms with Crippen LogP contribution in [0.25, 0.3) is 5.65 Å². The Kier molecular flexibility index (Phi) is 7.45. The third-order valence-electron chi connectivity index (χ3n) is 5.65. The van der Waals surface area contributed by atoms with Crippen molar-refractivity contribution in [2.24, 2.45) is 4.99 Å². The van der Waals surface area contributed by atoms with Gasteiger partial charge in [0.15, 0.2) is 0 Å². The summed E-state index contributed by atoms with van der Waals surface area (Å²) >= 11 is 0. The van der Waals surface area contributed by atoms with E-state index in [4.69, 9.17) is 9.47 Å². The molecule has 2 aromatic heterocycles. The predicted octanol–water partition coefficient (Wildman–Crippen LogP) is -1.87. The van der Waals surface area contributed by atoms with Crippen LogP contribution in [0.3, 0.4) is 0 Å². The summed E-state index contributed by atoms with van der Waals surface area (Å²) in [6.45, 7) is 3.97. The van der Waals surface area contributed by atoms with Crippen molar-refractivity contribution in [2.75, 3.05) is 32.9 Å². The molecule has 5 rings (SSSR count). The molecule has 0 N–H and O–H groups in total. The Balaban J connectivity index is 0.00000259. The molecule has 10 heteroatoms. The Morgan fingerprint density at radius 1 is 1.09 bits per heavy atom. The van der Waals surface area contributed by atoms with Crippen molar-refractivity contribution in [1.29, 1.82) is 0 Å². The molecule has 0 radical (unpaired) electrons. The number of ether oxygens (including phenoxy) is 2. The van der Waals surface area contributed by atoms with Crippen LogP contribution in [0.15, 0.2) is 52.4 Å². The standard InChI is InChI=1S/C23H23FN4O4.Na/c24-17-4-1-15(2-5-17)11-18-14-32-22(25-18)20-21(29)23(30)28-13-16(3-6-19(28)26-20)12-27-7-9-31-10-8-27;/h1-6,13,18,29H,7-12,14H2;/q;+1/p-1. The zero-order chi connectivity index (χ0) is 22.1. The molecular weight excluding hydrogens is 438 g/mol. The first-order chi connectivity index (χ1) is 15.6. The molecule has 0 amide bonds. The van der Waals surface area contributed by atoms with Gasteiger partial charge in [-0.25, -0.2) is 14.4 Å². The molecule has 0 bridgehead atoms. The number of nitrogens with zero attached hydrogens (tertiary/aromatic N) is 4. The predicted molar refractivity (Wildman–Crippen MR) is 113 cm³/mol. The van der Waals surface area contributed by atoms with Gasteiger partial charge in [0.1, 0.15) is 23.8 Å². The molecular formula is C23H22FN4NaO4. The Hall–Kier alpha value is -2.30. The van der Waals surface area contributed by atoms with Gasteiger partial charge in [-0.1, -0.05) is 18.2 Å². The number of morpholine rings is 1. The van der Waals surface area contributed by atoms with E-state index < -0.39 is 11.3 Å². The van der Waals surface area contributed by atoms with Gasteiger partial charge < -0.3 is 14.6 Å². The van der Waals surface area contributed by atoms with E-state index in [0.717, 1.165) is 24.2 Å². The van der Waals surface area contributed by atoms with Crippen LogP contribution in [0, 0.1) is 5.82 Å². The first-order valence-corrected chi connectivity index (χ1v) is 10.5. The Labute approximate surface area is 212 Å². The molecule has 0 aliphatic carbocycles. The van der Waals surface area contributed by atoms with Crippen LogP contribution < -0.4 is 40.2 Å². The summed E-state index contributed by atoms with van der Waals surface area (Å²) in [6.07, 6.45) is 2.20. The molecule has 1 fully saturated rings. The summed E-state index contributed by atoms with van der Waals surface area (Å²) in [5.74, 6) is -0.961. The second kappa shape index (κ2) is 10.3. The molecule has 2 aliphatic rings. The molecule has 3 aromatic rings. The van der Waals surface area contributed by atoms with E-state index in [-0.39, 0.29) is 59.6 Å². The van der Waals surface area contributed by atoms with Crippen LogP contribution in [0.5, 0.6) is 5.75 Å². The number of fused-ring (bicyclic) bond motifs is 1. The van der Waals surface area contributed by atoms with Gasteiger partial charge >= 0.3 is 29.6 Å². The number of halogens is 1. The summed E-state index contributed by atoms with van der Waals surface area (Å²) < 4.78 is 25.4. The van der Waals surface area contributed by atoms with Crippen molar-refractivity contribution >= 4 is 11.5 Å². The molecule has 2 aliphatic heterocycles. The summed E-state index contributed by atoms with van der Waals surface area (Å²) in [6, 6.07) is 9.57. The minimum absolute atomic E-state index is 0. The number of rotatable bonds is 5. The van der Waals surface area contributed by atoms with Crippen molar-refractivity contribution < 1.29 is 48.5 Å². The van der Waals surface area contributed by atoms with Gasteiger partial charge in [0, 0.05) is 25.8 Å². The fourth-order valence-corrected chi connectivity index (χ4v) is 3.96. The van der Waals surface area contributed by atoms with Crippen LogP contribution in [-0.4, -0.2) is 59.1 Å². The number of pyridine rings is 1. The van der Waals surface area contributed by atoms with E-state index in [1.54, 1.807) is 24.4 Å². The van der Waals surface area contributed by atoms with Crippen LogP contribution in [0.1, 0.15) is 16.8 Å². The number of benzene rings is 1. The Morgan fingerprint density at radius 3 is 2.58 bits per heavy atom. The SMILES string of the molecule is O=c1c([O-])c(C2=NC(Cc3ccc(F)cc3)CO2)nc2ccc(CN3CCOCC3)cn12.[Na+]. The molecule has 1 aromatic carbocycles. The van der Waals surface area contributed by atoms with Crippen LogP contribution >= 0.6 is 0 Å². The molecule has 0 spiro atoms. The van der Waals surface area contributed by atoms with Crippen molar-refractivity contribution in [3.8, 4) is 5.75 Å². The molecule has 33 heavy (non-hydrogen) atoms. The van der Waals surface area contributed by atoms with Crippen LogP contribution in [0.2, 0.25) is 0 Å². The monoisotopic (exact) mass is 460 g/mol. The molecule has 1 atom stereocenters. The zero-order valence-electron chi connectivity index (χ0n) is 18.4. The minimum atomic E-state index is -0.743. The maximum atomic E-state index is 13.1. The first kappa shape index (κ1) is 23.8. The van der Waals surface area contributed by atoms with E-state index in [9.17, 15) is 14.3 Å². The second-order valence-electron chi connectivity index (χ2n) is 7.98. The van der Waals surface area contributed by atoms with Gasteiger partial charge in [0.2, 0.25) is 5.90 Å². The zero-order valence-corrected chi connectivity index (χ0v) is 20.4. The number of hydrogen-bond acceptors (Lipinski definition) is 7. The molecule has 1 saturated heterocycles. The molecule has 4 heterocycles. The topological polar surface area (TPSA) is 91.5 Å². The third kappa shape index (κ3) is 5.28. The number of hydrogen-bond donors (Lipinski definition) is 0. The second-order valence-corrected chi connectivity index (χ2v) is 7.98. The van der Waals surface area contributed by atoms with Crippen molar-refractivity contribution in [2.45, 2.75) is 19.0 Å². The third-order valence-corrected chi connectivity index (χ3v) is 5.65. The molecule has 8 nitrogen and oxygen atoms in total. The quantitative estimate of drug-likeness (QED) is 0.415. The normalized spacial score (nSPS) is 18.6. The van der Waals surface area contributed by atoms with E-state index in [0.29, 0.717) is 31.8 Å². The number of aromatic nitrogens is 2. The molecule has 0 saturated carbocycles. The van der Waals surface area contributed by atoms with Crippen molar-refractivity contribution in [3.05, 3.63) is 75.6 Å². The maximum Gasteiger partial charge on any atom is 1.00 e. The van der Waals surface area contributed by atoms with Gasteiger partial charge in [0.05, 0.1) is 19.3 Å². The summed E-state index contributed by atoms with van der Waals surface area (Å²) in [5.41, 5.74) is 1.44. The smallest absolute Gasteiger partial charge is 0.867 e. The van der Waals surface area contributed by atoms with Gasteiger partial charge in [-0.15, -0.1) is 0 Å². The Morgan fingerprint density at radius 2 is 1.82 bits per heavy atom. The summed E-state index contributed by atoms with van der Waals surface area (Å²) in [7, 11) is 0. The Bertz CT molecular complexity index is 1230. The average molecular weight is 460 g/mol. The minimum Gasteiger partial charge on any atom is -0.867 e. The largest absolute Gasteiger partial charge is 1.00 e. The van der Waals surface area contributed by atoms with Crippen LogP contribution in [-0.2, 0) is 22.4 Å². The fraction of sp³-hybridized carbons (Fsp3) is 0.348. The maximum absolute atomic E-state index is 13.1. The average Bonchev–Trinajstić information content (AvgIpc) is 3.27. The summed E-state index contributed by atoms with van der Waals surface area (Å²) in [5, 5.41) is 12.7. The summed E-state index contributed by atoms with van der Waals surface area (Å²) in [4.78, 5) is 23.8. The molecule has 1 unspecified atom stereocenters. The van der Waals surface area contributed by atoms with E-state index in [2.05, 4.69) is 14.9 Å². The first-order valence-electron chi connectivity index (χ1n) is 10.5. The van der Waals surface area contributed by atoms with Gasteiger partial charge in [0.25, 0.3) is 5.56 Å². The van der Waals surface area contributed by atoms with E-state index in [1.165, 1.54) is 16.5 Å². The number of aliphatic imine (C=N–C) groups is 1. The van der Waals surface area contributed by atoms with Gasteiger partial charge in [-0.2, -0.15) is 0 Å².